The van der Waals surface area contributed by atoms with Crippen molar-refractivity contribution >= 4 is 29.8 Å². The third-order valence-corrected chi connectivity index (χ3v) is 4.11. The van der Waals surface area contributed by atoms with Crippen LogP contribution in [0.5, 0.6) is 0 Å². The molecule has 0 spiro atoms. The van der Waals surface area contributed by atoms with Crippen molar-refractivity contribution < 1.29 is 49.5 Å². The van der Waals surface area contributed by atoms with Gasteiger partial charge in [0.05, 0.1) is 32.4 Å². The van der Waals surface area contributed by atoms with Gasteiger partial charge in [-0.3, -0.25) is 28.9 Å². The van der Waals surface area contributed by atoms with E-state index < -0.39 is 42.9 Å². The van der Waals surface area contributed by atoms with E-state index in [0.29, 0.717) is 0 Å². The van der Waals surface area contributed by atoms with Crippen molar-refractivity contribution in [1.82, 2.24) is 14.7 Å². The molecule has 5 N–H and O–H groups in total. The molecule has 0 aromatic heterocycles. The average Bonchev–Trinajstić information content (AvgIpc) is 2.60. The maximum absolute atomic E-state index is 10.9. The minimum absolute atomic E-state index is 0.0719. The van der Waals surface area contributed by atoms with Crippen molar-refractivity contribution in [2.75, 3.05) is 58.9 Å². The van der Waals surface area contributed by atoms with Crippen LogP contribution in [0, 0.1) is 0 Å². The highest BCUT2D eigenvalue weighted by Crippen LogP contribution is 2.00. The Kier molecular flexibility index (Phi) is 13.7. The lowest BCUT2D eigenvalue weighted by molar-refractivity contribution is -0.142. The maximum Gasteiger partial charge on any atom is 0.317 e. The smallest absolute Gasteiger partial charge is 0.317 e. The van der Waals surface area contributed by atoms with Gasteiger partial charge in [-0.1, -0.05) is 0 Å². The molecule has 0 heterocycles. The summed E-state index contributed by atoms with van der Waals surface area (Å²) < 4.78 is 0. The summed E-state index contributed by atoms with van der Waals surface area (Å²) in [5.74, 6) is -5.49. The maximum atomic E-state index is 10.9. The van der Waals surface area contributed by atoms with Gasteiger partial charge in [0.1, 0.15) is 0 Å². The molecule has 172 valence electrons. The first-order valence-electron chi connectivity index (χ1n) is 9.25. The molecular weight excluding hydrogens is 406 g/mol. The number of nitrogens with zero attached hydrogens (tertiary/aromatic N) is 3. The number of carbonyl (C=O) groups is 5. The predicted molar refractivity (Wildman–Crippen MR) is 101 cm³/mol. The highest BCUT2D eigenvalue weighted by atomic mass is 16.4. The van der Waals surface area contributed by atoms with Gasteiger partial charge in [-0.05, 0) is 0 Å². The van der Waals surface area contributed by atoms with Crippen LogP contribution in [-0.4, -0.2) is 129 Å². The Morgan fingerprint density at radius 3 is 0.933 bits per heavy atom. The van der Waals surface area contributed by atoms with E-state index in [9.17, 15) is 24.0 Å². The van der Waals surface area contributed by atoms with Crippen LogP contribution in [0.2, 0.25) is 0 Å². The molecule has 0 unspecified atom stereocenters. The normalized spacial score (nSPS) is 11.2. The molecule has 0 aromatic carbocycles. The lowest BCUT2D eigenvalue weighted by Crippen LogP contribution is -2.43. The summed E-state index contributed by atoms with van der Waals surface area (Å²) in [6.07, 6.45) is -0.554. The summed E-state index contributed by atoms with van der Waals surface area (Å²) in [5, 5.41) is 44.4. The van der Waals surface area contributed by atoms with Gasteiger partial charge in [-0.15, -0.1) is 0 Å². The van der Waals surface area contributed by atoms with Crippen LogP contribution < -0.4 is 0 Å². The van der Waals surface area contributed by atoms with E-state index in [1.807, 2.05) is 0 Å². The van der Waals surface area contributed by atoms with Gasteiger partial charge < -0.3 is 35.3 Å². The van der Waals surface area contributed by atoms with E-state index in [0.717, 1.165) is 0 Å². The Morgan fingerprint density at radius 2 is 0.667 bits per heavy atom. The van der Waals surface area contributed by atoms with Gasteiger partial charge >= 0.3 is 29.8 Å². The highest BCUT2D eigenvalue weighted by molar-refractivity contribution is 5.72. The van der Waals surface area contributed by atoms with E-state index in [1.165, 1.54) is 4.90 Å². The molecular formula is C17H29N3O10. The van der Waals surface area contributed by atoms with Crippen molar-refractivity contribution in [3.05, 3.63) is 0 Å². The first-order valence-corrected chi connectivity index (χ1v) is 9.25. The fraction of sp³-hybridized carbons (Fsp3) is 0.706. The SMILES string of the molecule is O=C(O)CCN(CCC(=O)O)CCN(CCC(=O)O)CCN(CC(=O)O)CC(=O)O. The average molecular weight is 435 g/mol. The standard InChI is InChI=1S/C17H29N3O10/c21-13(22)1-4-18(5-2-14(23)24)7-8-19(6-3-15(25)26)9-10-20(11-16(27)28)12-17(29)30/h1-12H2,(H,21,22)(H,23,24)(H,25,26)(H,27,28)(H,29,30). The van der Waals surface area contributed by atoms with Gasteiger partial charge in [0.2, 0.25) is 0 Å². The molecule has 0 fully saturated rings. The molecule has 0 aliphatic heterocycles. The van der Waals surface area contributed by atoms with E-state index in [-0.39, 0.29) is 65.1 Å². The Balaban J connectivity index is 4.93. The Hall–Kier alpha value is -2.77. The van der Waals surface area contributed by atoms with Crippen molar-refractivity contribution in [2.24, 2.45) is 0 Å². The van der Waals surface area contributed by atoms with Crippen LogP contribution in [0.3, 0.4) is 0 Å². The van der Waals surface area contributed by atoms with Crippen LogP contribution in [0.25, 0.3) is 0 Å². The zero-order chi connectivity index (χ0) is 23.1. The second-order valence-corrected chi connectivity index (χ2v) is 6.61. The van der Waals surface area contributed by atoms with Crippen LogP contribution >= 0.6 is 0 Å². The Morgan fingerprint density at radius 1 is 0.400 bits per heavy atom. The molecule has 30 heavy (non-hydrogen) atoms. The summed E-state index contributed by atoms with van der Waals surface area (Å²) >= 11 is 0. The number of carboxylic acid groups (broad SMARTS) is 5. The molecule has 0 aliphatic rings. The lowest BCUT2D eigenvalue weighted by atomic mass is 10.3. The van der Waals surface area contributed by atoms with Crippen molar-refractivity contribution in [2.45, 2.75) is 19.3 Å². The van der Waals surface area contributed by atoms with Gasteiger partial charge in [-0.2, -0.15) is 0 Å². The Bertz CT molecular complexity index is 564. The molecule has 13 heteroatoms. The number of hydrogen-bond donors (Lipinski definition) is 5. The quantitative estimate of drug-likeness (QED) is 0.157. The second-order valence-electron chi connectivity index (χ2n) is 6.61. The van der Waals surface area contributed by atoms with E-state index >= 15 is 0 Å². The van der Waals surface area contributed by atoms with Crippen molar-refractivity contribution in [1.29, 1.82) is 0 Å². The summed E-state index contributed by atoms with van der Waals surface area (Å²) in [4.78, 5) is 58.8. The lowest BCUT2D eigenvalue weighted by Gasteiger charge is -2.28. The van der Waals surface area contributed by atoms with Gasteiger partial charge in [-0.25, -0.2) is 0 Å². The molecule has 0 aromatic rings. The van der Waals surface area contributed by atoms with E-state index in [2.05, 4.69) is 0 Å². The Labute approximate surface area is 173 Å². The van der Waals surface area contributed by atoms with Crippen LogP contribution in [0.1, 0.15) is 19.3 Å². The molecule has 0 bridgehead atoms. The zero-order valence-corrected chi connectivity index (χ0v) is 16.6. The molecule has 0 aliphatic carbocycles. The summed E-state index contributed by atoms with van der Waals surface area (Å²) in [5.41, 5.74) is 0. The molecule has 0 radical (unpaired) electrons. The van der Waals surface area contributed by atoms with Crippen LogP contribution in [0.15, 0.2) is 0 Å². The topological polar surface area (TPSA) is 196 Å². The van der Waals surface area contributed by atoms with Crippen molar-refractivity contribution in [3.63, 3.8) is 0 Å². The van der Waals surface area contributed by atoms with Crippen molar-refractivity contribution in [3.8, 4) is 0 Å². The first kappa shape index (κ1) is 27.2. The predicted octanol–water partition coefficient (Wildman–Crippen LogP) is -1.51. The summed E-state index contributed by atoms with van der Waals surface area (Å²) in [6, 6.07) is 0. The minimum Gasteiger partial charge on any atom is -0.481 e. The molecule has 0 atom stereocenters. The second kappa shape index (κ2) is 15.1. The van der Waals surface area contributed by atoms with Gasteiger partial charge in [0.25, 0.3) is 0 Å². The zero-order valence-electron chi connectivity index (χ0n) is 16.6. The minimum atomic E-state index is -1.19. The number of rotatable bonds is 19. The highest BCUT2D eigenvalue weighted by Gasteiger charge is 2.17. The van der Waals surface area contributed by atoms with E-state index in [4.69, 9.17) is 25.5 Å². The summed E-state index contributed by atoms with van der Waals surface area (Å²) in [7, 11) is 0. The number of hydrogen-bond acceptors (Lipinski definition) is 8. The fourth-order valence-electron chi connectivity index (χ4n) is 2.59. The summed E-state index contributed by atoms with van der Waals surface area (Å²) in [6.45, 7) is 0.222. The van der Waals surface area contributed by atoms with Crippen LogP contribution in [-0.2, 0) is 24.0 Å². The molecule has 0 saturated heterocycles. The fourth-order valence-corrected chi connectivity index (χ4v) is 2.59. The monoisotopic (exact) mass is 435 g/mol. The molecule has 13 nitrogen and oxygen atoms in total. The third kappa shape index (κ3) is 16.2. The van der Waals surface area contributed by atoms with Gasteiger partial charge in [0, 0.05) is 45.8 Å². The third-order valence-electron chi connectivity index (χ3n) is 4.11. The van der Waals surface area contributed by atoms with E-state index in [1.54, 1.807) is 9.80 Å². The van der Waals surface area contributed by atoms with Gasteiger partial charge in [0.15, 0.2) is 0 Å². The number of aliphatic carboxylic acids is 5. The molecule has 0 rings (SSSR count). The first-order chi connectivity index (χ1) is 14.0. The van der Waals surface area contributed by atoms with Crippen LogP contribution in [0.4, 0.5) is 0 Å². The molecule has 0 saturated carbocycles. The molecule has 0 amide bonds. The largest absolute Gasteiger partial charge is 0.481 e. The number of carboxylic acids is 5.